The molecule has 1 aromatic rings. The Balaban J connectivity index is 3.32. The maximum Gasteiger partial charge on any atom is 0.145 e. The van der Waals surface area contributed by atoms with Crippen molar-refractivity contribution < 1.29 is 8.78 Å². The quantitative estimate of drug-likeness (QED) is 0.632. The van der Waals surface area contributed by atoms with Gasteiger partial charge in [0.05, 0.1) is 10.5 Å². The van der Waals surface area contributed by atoms with Crippen LogP contribution in [0.5, 0.6) is 0 Å². The molecular formula is C9H8BrF2N. The fraction of sp³-hybridized carbons (Fsp3) is 0.111. The summed E-state index contributed by atoms with van der Waals surface area (Å²) in [7, 11) is 0. The molecule has 0 aliphatic heterocycles. The average molecular weight is 248 g/mol. The van der Waals surface area contributed by atoms with Crippen molar-refractivity contribution in [2.45, 2.75) is 6.04 Å². The zero-order valence-corrected chi connectivity index (χ0v) is 8.31. The van der Waals surface area contributed by atoms with E-state index in [9.17, 15) is 8.78 Å². The van der Waals surface area contributed by atoms with E-state index in [1.165, 1.54) is 12.1 Å². The second-order valence-electron chi connectivity index (χ2n) is 2.52. The number of benzene rings is 1. The number of halogens is 3. The summed E-state index contributed by atoms with van der Waals surface area (Å²) in [6.45, 7) is 3.38. The van der Waals surface area contributed by atoms with Crippen molar-refractivity contribution >= 4 is 15.9 Å². The Labute approximate surface area is 83.4 Å². The average Bonchev–Trinajstić information content (AvgIpc) is 2.12. The summed E-state index contributed by atoms with van der Waals surface area (Å²) >= 11 is 2.95. The smallest absolute Gasteiger partial charge is 0.145 e. The first-order chi connectivity index (χ1) is 6.07. The van der Waals surface area contributed by atoms with Crippen molar-refractivity contribution in [1.29, 1.82) is 0 Å². The van der Waals surface area contributed by atoms with E-state index in [0.717, 1.165) is 6.07 Å². The maximum absolute atomic E-state index is 13.3. The molecule has 0 unspecified atom stereocenters. The van der Waals surface area contributed by atoms with Gasteiger partial charge in [0.1, 0.15) is 11.6 Å². The van der Waals surface area contributed by atoms with Crippen LogP contribution >= 0.6 is 15.9 Å². The summed E-state index contributed by atoms with van der Waals surface area (Å²) in [6, 6.07) is 1.63. The van der Waals surface area contributed by atoms with E-state index in [4.69, 9.17) is 5.73 Å². The zero-order valence-electron chi connectivity index (χ0n) is 6.73. The molecule has 0 radical (unpaired) electrons. The normalized spacial score (nSPS) is 12.6. The molecule has 70 valence electrons. The van der Waals surface area contributed by atoms with Crippen LogP contribution in [-0.2, 0) is 0 Å². The molecule has 1 aromatic carbocycles. The van der Waals surface area contributed by atoms with Crippen LogP contribution < -0.4 is 5.73 Å². The molecule has 1 rings (SSSR count). The van der Waals surface area contributed by atoms with Crippen LogP contribution in [-0.4, -0.2) is 0 Å². The predicted octanol–water partition coefficient (Wildman–Crippen LogP) is 2.91. The van der Waals surface area contributed by atoms with E-state index in [1.54, 1.807) is 0 Å². The fourth-order valence-corrected chi connectivity index (χ4v) is 1.31. The molecule has 0 bridgehead atoms. The van der Waals surface area contributed by atoms with Crippen molar-refractivity contribution in [3.05, 3.63) is 46.5 Å². The zero-order chi connectivity index (χ0) is 10.0. The van der Waals surface area contributed by atoms with Crippen LogP contribution in [0.25, 0.3) is 0 Å². The molecule has 4 heteroatoms. The van der Waals surface area contributed by atoms with E-state index in [0.29, 0.717) is 0 Å². The van der Waals surface area contributed by atoms with Crippen LogP contribution in [0.1, 0.15) is 11.6 Å². The van der Waals surface area contributed by atoms with Crippen LogP contribution in [0.3, 0.4) is 0 Å². The number of rotatable bonds is 2. The Morgan fingerprint density at radius 3 is 2.62 bits per heavy atom. The Kier molecular flexibility index (Phi) is 3.17. The predicted molar refractivity (Wildman–Crippen MR) is 51.2 cm³/mol. The third-order valence-corrected chi connectivity index (χ3v) is 2.28. The molecular weight excluding hydrogens is 240 g/mol. The van der Waals surface area contributed by atoms with Gasteiger partial charge in [-0.1, -0.05) is 6.08 Å². The largest absolute Gasteiger partial charge is 0.321 e. The fourth-order valence-electron chi connectivity index (χ4n) is 0.966. The highest BCUT2D eigenvalue weighted by molar-refractivity contribution is 9.10. The lowest BCUT2D eigenvalue weighted by atomic mass is 10.1. The monoisotopic (exact) mass is 247 g/mol. The summed E-state index contributed by atoms with van der Waals surface area (Å²) in [6.07, 6.45) is 1.29. The second-order valence-corrected chi connectivity index (χ2v) is 3.37. The molecule has 1 atom stereocenters. The van der Waals surface area contributed by atoms with Gasteiger partial charge in [-0.05, 0) is 28.1 Å². The standard InChI is InChI=1S/C9H8BrF2N/c1-2-7(13)8-6(11)4-3-5(10)9(8)12/h2-4,7H,1,13H2/t7-/m1/s1. The molecule has 0 heterocycles. The first kappa shape index (κ1) is 10.3. The maximum atomic E-state index is 13.3. The Morgan fingerprint density at radius 2 is 2.08 bits per heavy atom. The topological polar surface area (TPSA) is 26.0 Å². The van der Waals surface area contributed by atoms with Crippen LogP contribution in [0.15, 0.2) is 29.3 Å². The van der Waals surface area contributed by atoms with Gasteiger partial charge in [-0.2, -0.15) is 0 Å². The minimum Gasteiger partial charge on any atom is -0.321 e. The Bertz CT molecular complexity index is 339. The van der Waals surface area contributed by atoms with Crippen LogP contribution in [0.4, 0.5) is 8.78 Å². The molecule has 0 fully saturated rings. The highest BCUT2D eigenvalue weighted by Crippen LogP contribution is 2.25. The van der Waals surface area contributed by atoms with E-state index in [-0.39, 0.29) is 10.0 Å². The van der Waals surface area contributed by atoms with Gasteiger partial charge in [0, 0.05) is 5.56 Å². The molecule has 0 spiro atoms. The first-order valence-electron chi connectivity index (χ1n) is 3.59. The molecule has 1 nitrogen and oxygen atoms in total. The molecule has 0 aromatic heterocycles. The van der Waals surface area contributed by atoms with Gasteiger partial charge in [-0.3, -0.25) is 0 Å². The highest BCUT2D eigenvalue weighted by Gasteiger charge is 2.16. The summed E-state index contributed by atoms with van der Waals surface area (Å²) in [5.74, 6) is -1.33. The van der Waals surface area contributed by atoms with Gasteiger partial charge in [0.2, 0.25) is 0 Å². The summed E-state index contributed by atoms with van der Waals surface area (Å²) in [5, 5.41) is 0. The third-order valence-electron chi connectivity index (χ3n) is 1.67. The van der Waals surface area contributed by atoms with E-state index < -0.39 is 17.7 Å². The van der Waals surface area contributed by atoms with E-state index in [2.05, 4.69) is 22.5 Å². The lowest BCUT2D eigenvalue weighted by molar-refractivity contribution is 0.542. The van der Waals surface area contributed by atoms with Crippen molar-refractivity contribution in [3.8, 4) is 0 Å². The minimum atomic E-state index is -0.822. The van der Waals surface area contributed by atoms with Crippen LogP contribution in [0, 0.1) is 11.6 Å². The minimum absolute atomic E-state index is 0.163. The Morgan fingerprint density at radius 1 is 1.46 bits per heavy atom. The molecule has 13 heavy (non-hydrogen) atoms. The third kappa shape index (κ3) is 1.95. The number of hydrogen-bond acceptors (Lipinski definition) is 1. The first-order valence-corrected chi connectivity index (χ1v) is 4.38. The molecule has 0 aliphatic rings. The van der Waals surface area contributed by atoms with Gasteiger partial charge in [0.25, 0.3) is 0 Å². The van der Waals surface area contributed by atoms with Crippen molar-refractivity contribution in [1.82, 2.24) is 0 Å². The lowest BCUT2D eigenvalue weighted by Gasteiger charge is -2.09. The van der Waals surface area contributed by atoms with E-state index in [1.807, 2.05) is 0 Å². The summed E-state index contributed by atoms with van der Waals surface area (Å²) in [5.41, 5.74) is 5.28. The summed E-state index contributed by atoms with van der Waals surface area (Å²) < 4.78 is 26.6. The summed E-state index contributed by atoms with van der Waals surface area (Å²) in [4.78, 5) is 0. The SMILES string of the molecule is C=C[C@@H](N)c1c(F)ccc(Br)c1F. The lowest BCUT2D eigenvalue weighted by Crippen LogP contribution is -2.11. The number of nitrogens with two attached hydrogens (primary N) is 1. The van der Waals surface area contributed by atoms with Gasteiger partial charge in [-0.15, -0.1) is 6.58 Å². The molecule has 0 aliphatic carbocycles. The van der Waals surface area contributed by atoms with Gasteiger partial charge >= 0.3 is 0 Å². The molecule has 0 amide bonds. The highest BCUT2D eigenvalue weighted by atomic mass is 79.9. The van der Waals surface area contributed by atoms with Crippen molar-refractivity contribution in [2.24, 2.45) is 5.73 Å². The molecule has 0 saturated carbocycles. The molecule has 2 N–H and O–H groups in total. The van der Waals surface area contributed by atoms with Crippen molar-refractivity contribution in [3.63, 3.8) is 0 Å². The van der Waals surface area contributed by atoms with Crippen molar-refractivity contribution in [2.75, 3.05) is 0 Å². The van der Waals surface area contributed by atoms with Gasteiger partial charge in [0.15, 0.2) is 0 Å². The van der Waals surface area contributed by atoms with Crippen LogP contribution in [0.2, 0.25) is 0 Å². The second kappa shape index (κ2) is 3.98. The van der Waals surface area contributed by atoms with Gasteiger partial charge in [-0.25, -0.2) is 8.78 Å². The molecule has 0 saturated heterocycles. The number of hydrogen-bond donors (Lipinski definition) is 1. The Hall–Kier alpha value is -0.740. The van der Waals surface area contributed by atoms with E-state index >= 15 is 0 Å². The van der Waals surface area contributed by atoms with Gasteiger partial charge < -0.3 is 5.73 Å².